The van der Waals surface area contributed by atoms with Gasteiger partial charge in [0.1, 0.15) is 0 Å². The first kappa shape index (κ1) is 22.4. The molecule has 0 radical (unpaired) electrons. The maximum Gasteiger partial charge on any atom is 0.225 e. The van der Waals surface area contributed by atoms with Crippen molar-refractivity contribution in [3.05, 3.63) is 47.8 Å². The molecule has 8 heteroatoms. The third-order valence-electron chi connectivity index (χ3n) is 5.12. The van der Waals surface area contributed by atoms with Crippen LogP contribution in [0.25, 0.3) is 0 Å². The molecule has 1 saturated heterocycles. The van der Waals surface area contributed by atoms with Crippen molar-refractivity contribution in [3.63, 3.8) is 0 Å². The van der Waals surface area contributed by atoms with E-state index in [1.807, 2.05) is 6.07 Å². The highest BCUT2D eigenvalue weighted by Crippen LogP contribution is 2.22. The molecular weight excluding hydrogens is 394 g/mol. The number of benzene rings is 1. The first-order valence-electron chi connectivity index (χ1n) is 10.6. The lowest BCUT2D eigenvalue weighted by Crippen LogP contribution is -2.49. The van der Waals surface area contributed by atoms with Gasteiger partial charge in [-0.1, -0.05) is 12.1 Å². The number of thioether (sulfide) groups is 1. The summed E-state index contributed by atoms with van der Waals surface area (Å²) in [7, 11) is 0. The Balaban J connectivity index is 1.45. The van der Waals surface area contributed by atoms with Gasteiger partial charge in [0, 0.05) is 63.1 Å². The molecule has 0 unspecified atom stereocenters. The average Bonchev–Trinajstić information content (AvgIpc) is 2.79. The Morgan fingerprint density at radius 3 is 2.60 bits per heavy atom. The van der Waals surface area contributed by atoms with Gasteiger partial charge in [0.15, 0.2) is 5.96 Å². The van der Waals surface area contributed by atoms with Crippen LogP contribution in [0.5, 0.6) is 0 Å². The quantitative estimate of drug-likeness (QED) is 0.381. The number of nitrogens with zero attached hydrogens (tertiary/aromatic N) is 5. The molecule has 1 aliphatic rings. The van der Waals surface area contributed by atoms with E-state index >= 15 is 0 Å². The van der Waals surface area contributed by atoms with Crippen molar-refractivity contribution >= 4 is 23.7 Å². The molecule has 2 heterocycles. The van der Waals surface area contributed by atoms with Gasteiger partial charge in [-0.3, -0.25) is 4.90 Å². The molecule has 30 heavy (non-hydrogen) atoms. The summed E-state index contributed by atoms with van der Waals surface area (Å²) in [6.07, 6.45) is 5.73. The maximum atomic E-state index is 4.79. The number of hydrogen-bond donors (Lipinski definition) is 2. The molecule has 2 N–H and O–H groups in total. The summed E-state index contributed by atoms with van der Waals surface area (Å²) in [6.45, 7) is 11.6. The van der Waals surface area contributed by atoms with Crippen molar-refractivity contribution < 1.29 is 0 Å². The molecule has 1 aromatic heterocycles. The number of aliphatic imine (C=N–C) groups is 1. The largest absolute Gasteiger partial charge is 0.357 e. The van der Waals surface area contributed by atoms with Gasteiger partial charge in [0.2, 0.25) is 5.95 Å². The van der Waals surface area contributed by atoms with E-state index in [4.69, 9.17) is 4.99 Å². The minimum absolute atomic E-state index is 0.682. The Morgan fingerprint density at radius 2 is 1.90 bits per heavy atom. The number of anilines is 1. The lowest BCUT2D eigenvalue weighted by atomic mass is 10.1. The Kier molecular flexibility index (Phi) is 8.77. The number of aryl methyl sites for hydroxylation is 1. The van der Waals surface area contributed by atoms with Crippen molar-refractivity contribution in [3.8, 4) is 0 Å². The van der Waals surface area contributed by atoms with Crippen LogP contribution in [0.2, 0.25) is 0 Å². The number of rotatable bonds is 8. The fourth-order valence-electron chi connectivity index (χ4n) is 3.45. The normalized spacial score (nSPS) is 15.3. The Hall–Kier alpha value is -2.32. The number of aromatic nitrogens is 2. The Morgan fingerprint density at radius 1 is 1.13 bits per heavy atom. The number of nitrogens with one attached hydrogen (secondary N) is 2. The molecule has 162 valence electrons. The van der Waals surface area contributed by atoms with Crippen molar-refractivity contribution in [2.45, 2.75) is 25.3 Å². The summed E-state index contributed by atoms with van der Waals surface area (Å²) < 4.78 is 0. The van der Waals surface area contributed by atoms with Crippen LogP contribution in [-0.2, 0) is 6.54 Å². The molecule has 0 atom stereocenters. The van der Waals surface area contributed by atoms with Gasteiger partial charge in [-0.2, -0.15) is 0 Å². The number of guanidine groups is 1. The molecule has 7 nitrogen and oxygen atoms in total. The summed E-state index contributed by atoms with van der Waals surface area (Å²) in [5.74, 6) is 1.71. The van der Waals surface area contributed by atoms with Crippen LogP contribution in [0.3, 0.4) is 0 Å². The predicted molar refractivity (Wildman–Crippen MR) is 126 cm³/mol. The fourth-order valence-corrected chi connectivity index (χ4v) is 4.15. The van der Waals surface area contributed by atoms with Gasteiger partial charge in [0.05, 0.1) is 6.54 Å². The van der Waals surface area contributed by atoms with Gasteiger partial charge >= 0.3 is 0 Å². The zero-order valence-electron chi connectivity index (χ0n) is 18.3. The minimum Gasteiger partial charge on any atom is -0.357 e. The van der Waals surface area contributed by atoms with E-state index in [2.05, 4.69) is 68.7 Å². The van der Waals surface area contributed by atoms with E-state index in [9.17, 15) is 0 Å². The van der Waals surface area contributed by atoms with E-state index in [-0.39, 0.29) is 0 Å². The van der Waals surface area contributed by atoms with Crippen LogP contribution in [0.4, 0.5) is 5.95 Å². The van der Waals surface area contributed by atoms with E-state index in [0.29, 0.717) is 6.54 Å². The first-order valence-corrected chi connectivity index (χ1v) is 11.8. The molecule has 0 aliphatic carbocycles. The lowest BCUT2D eigenvalue weighted by Gasteiger charge is -2.34. The summed E-state index contributed by atoms with van der Waals surface area (Å²) in [6, 6.07) is 8.43. The molecule has 2 aromatic rings. The SMILES string of the molecule is CCNC(=NCc1ccc(C)cc1SC)NCCN1CCN(c2ncccn2)CC1. The van der Waals surface area contributed by atoms with Gasteiger partial charge in [-0.05, 0) is 43.4 Å². The third kappa shape index (κ3) is 6.60. The standard InChI is InChI=1S/C22H33N7S/c1-4-23-21(27-17-19-7-6-18(2)16-20(19)30-3)24-10-11-28-12-14-29(15-13-28)22-25-8-5-9-26-22/h5-9,16H,4,10-15,17H2,1-3H3,(H2,23,24,27). The zero-order chi connectivity index (χ0) is 21.2. The molecule has 0 saturated carbocycles. The molecule has 3 rings (SSSR count). The topological polar surface area (TPSA) is 68.7 Å². The van der Waals surface area contributed by atoms with Crippen LogP contribution in [0.15, 0.2) is 46.5 Å². The number of hydrogen-bond acceptors (Lipinski definition) is 6. The summed E-state index contributed by atoms with van der Waals surface area (Å²) in [5, 5.41) is 6.84. The van der Waals surface area contributed by atoms with Gasteiger partial charge in [-0.25, -0.2) is 15.0 Å². The van der Waals surface area contributed by atoms with Gasteiger partial charge in [-0.15, -0.1) is 11.8 Å². The lowest BCUT2D eigenvalue weighted by molar-refractivity contribution is 0.260. The van der Waals surface area contributed by atoms with Crippen LogP contribution < -0.4 is 15.5 Å². The zero-order valence-corrected chi connectivity index (χ0v) is 19.1. The highest BCUT2D eigenvalue weighted by Gasteiger charge is 2.18. The molecular formula is C22H33N7S. The third-order valence-corrected chi connectivity index (χ3v) is 5.94. The molecule has 1 fully saturated rings. The predicted octanol–water partition coefficient (Wildman–Crippen LogP) is 2.38. The average molecular weight is 428 g/mol. The van der Waals surface area contributed by atoms with Crippen LogP contribution in [0, 0.1) is 6.92 Å². The van der Waals surface area contributed by atoms with E-state index in [1.54, 1.807) is 24.2 Å². The minimum atomic E-state index is 0.682. The smallest absolute Gasteiger partial charge is 0.225 e. The molecule has 1 aromatic carbocycles. The Labute approximate surface area is 184 Å². The number of piperazine rings is 1. The summed E-state index contributed by atoms with van der Waals surface area (Å²) in [5.41, 5.74) is 2.56. The van der Waals surface area contributed by atoms with E-state index in [1.165, 1.54) is 16.0 Å². The highest BCUT2D eigenvalue weighted by molar-refractivity contribution is 7.98. The van der Waals surface area contributed by atoms with Gasteiger partial charge in [0.25, 0.3) is 0 Å². The van der Waals surface area contributed by atoms with Crippen molar-refractivity contribution in [2.24, 2.45) is 4.99 Å². The van der Waals surface area contributed by atoms with Crippen LogP contribution in [-0.4, -0.2) is 72.9 Å². The monoisotopic (exact) mass is 427 g/mol. The van der Waals surface area contributed by atoms with Crippen molar-refractivity contribution in [1.29, 1.82) is 0 Å². The first-order chi connectivity index (χ1) is 14.7. The summed E-state index contributed by atoms with van der Waals surface area (Å²) in [4.78, 5) is 19.5. The summed E-state index contributed by atoms with van der Waals surface area (Å²) >= 11 is 1.78. The maximum absolute atomic E-state index is 4.79. The van der Waals surface area contributed by atoms with Crippen LogP contribution >= 0.6 is 11.8 Å². The molecule has 0 bridgehead atoms. The second-order valence-corrected chi connectivity index (χ2v) is 8.16. The second-order valence-electron chi connectivity index (χ2n) is 7.31. The highest BCUT2D eigenvalue weighted by atomic mass is 32.2. The molecule has 0 spiro atoms. The fraction of sp³-hybridized carbons (Fsp3) is 0.500. The van der Waals surface area contributed by atoms with E-state index in [0.717, 1.165) is 57.7 Å². The van der Waals surface area contributed by atoms with Crippen molar-refractivity contribution in [1.82, 2.24) is 25.5 Å². The van der Waals surface area contributed by atoms with Crippen LogP contribution in [0.1, 0.15) is 18.1 Å². The van der Waals surface area contributed by atoms with E-state index < -0.39 is 0 Å². The Bertz CT molecular complexity index is 804. The van der Waals surface area contributed by atoms with Crippen molar-refractivity contribution in [2.75, 3.05) is 57.0 Å². The molecule has 1 aliphatic heterocycles. The molecule has 0 amide bonds. The second kappa shape index (κ2) is 11.8. The van der Waals surface area contributed by atoms with Gasteiger partial charge < -0.3 is 15.5 Å².